The molecule has 0 bridgehead atoms. The lowest BCUT2D eigenvalue weighted by atomic mass is 10.3. The molecule has 0 aromatic carbocycles. The lowest BCUT2D eigenvalue weighted by Crippen LogP contribution is -1.98. The molecule has 0 amide bonds. The number of pyridine rings is 1. The largest absolute Gasteiger partial charge is 0.461 e. The second-order valence-electron chi connectivity index (χ2n) is 2.14. The third-order valence-corrected chi connectivity index (χ3v) is 1.19. The number of carbonyl (C=O) groups is 1. The number of ether oxygens (including phenoxy) is 1. The number of carbonyl (C=O) groups excluding carboxylic acids is 1. The molecular weight excluding hydrogens is 142 g/mol. The van der Waals surface area contributed by atoms with Gasteiger partial charge < -0.3 is 4.74 Å². The van der Waals surface area contributed by atoms with E-state index in [-0.39, 0.29) is 5.97 Å². The van der Waals surface area contributed by atoms with Gasteiger partial charge in [-0.05, 0) is 17.7 Å². The summed E-state index contributed by atoms with van der Waals surface area (Å²) in [4.78, 5) is 14.2. The number of rotatable bonds is 2. The Kier molecular flexibility index (Phi) is 2.60. The number of nitrogens with zero attached hydrogens (tertiary/aromatic N) is 1. The monoisotopic (exact) mass is 151 g/mol. The fraction of sp³-hybridized carbons (Fsp3) is 0.250. The van der Waals surface area contributed by atoms with Gasteiger partial charge in [0.15, 0.2) is 0 Å². The molecule has 0 aliphatic rings. The lowest BCUT2D eigenvalue weighted by Gasteiger charge is -1.99. The van der Waals surface area contributed by atoms with E-state index in [0.717, 1.165) is 5.56 Å². The highest BCUT2D eigenvalue weighted by Crippen LogP contribution is 1.97. The van der Waals surface area contributed by atoms with Gasteiger partial charge in [-0.1, -0.05) is 0 Å². The first kappa shape index (κ1) is 7.72. The smallest absolute Gasteiger partial charge is 0.302 e. The molecule has 0 aliphatic carbocycles. The van der Waals surface area contributed by atoms with Crippen molar-refractivity contribution in [1.82, 2.24) is 4.98 Å². The third kappa shape index (κ3) is 2.80. The number of esters is 1. The highest BCUT2D eigenvalue weighted by Gasteiger charge is 1.93. The quantitative estimate of drug-likeness (QED) is 0.595. The van der Waals surface area contributed by atoms with Gasteiger partial charge in [-0.25, -0.2) is 0 Å². The Labute approximate surface area is 65.0 Å². The Bertz CT molecular complexity index is 233. The first-order valence-corrected chi connectivity index (χ1v) is 3.31. The van der Waals surface area contributed by atoms with Crippen molar-refractivity contribution in [2.24, 2.45) is 0 Å². The van der Waals surface area contributed by atoms with E-state index in [9.17, 15) is 4.79 Å². The van der Waals surface area contributed by atoms with Crippen LogP contribution in [0.3, 0.4) is 0 Å². The van der Waals surface area contributed by atoms with Crippen molar-refractivity contribution >= 4 is 5.97 Å². The summed E-state index contributed by atoms with van der Waals surface area (Å²) in [5, 5.41) is 0. The maximum absolute atomic E-state index is 10.4. The van der Waals surface area contributed by atoms with Crippen molar-refractivity contribution in [2.45, 2.75) is 13.5 Å². The minimum atomic E-state index is -0.262. The summed E-state index contributed by atoms with van der Waals surface area (Å²) in [5.41, 5.74) is 0.954. The molecule has 0 unspecified atom stereocenters. The fourth-order valence-electron chi connectivity index (χ4n) is 0.664. The summed E-state index contributed by atoms with van der Waals surface area (Å²) in [5.74, 6) is -0.262. The van der Waals surface area contributed by atoms with Gasteiger partial charge in [0.05, 0.1) is 0 Å². The first-order chi connectivity index (χ1) is 5.29. The Morgan fingerprint density at radius 3 is 2.73 bits per heavy atom. The molecular formula is C8H9NO2. The number of aromatic nitrogens is 1. The highest BCUT2D eigenvalue weighted by atomic mass is 16.5. The number of hydrogen-bond donors (Lipinski definition) is 0. The molecule has 3 nitrogen and oxygen atoms in total. The first-order valence-electron chi connectivity index (χ1n) is 3.31. The van der Waals surface area contributed by atoms with E-state index < -0.39 is 0 Å². The molecule has 11 heavy (non-hydrogen) atoms. The minimum Gasteiger partial charge on any atom is -0.461 e. The standard InChI is InChI=1S/C8H9NO2/c1-7(10)11-6-8-2-4-9-5-3-8/h2-5H,6H2,1H3. The maximum Gasteiger partial charge on any atom is 0.302 e. The molecule has 0 aliphatic heterocycles. The van der Waals surface area contributed by atoms with E-state index in [1.807, 2.05) is 12.1 Å². The van der Waals surface area contributed by atoms with E-state index in [0.29, 0.717) is 6.61 Å². The molecule has 1 aromatic heterocycles. The molecule has 0 saturated heterocycles. The van der Waals surface area contributed by atoms with Crippen molar-refractivity contribution in [3.8, 4) is 0 Å². The second kappa shape index (κ2) is 3.71. The molecule has 3 heteroatoms. The van der Waals surface area contributed by atoms with Crippen molar-refractivity contribution in [1.29, 1.82) is 0 Å². The van der Waals surface area contributed by atoms with Crippen LogP contribution >= 0.6 is 0 Å². The van der Waals surface area contributed by atoms with Crippen LogP contribution in [0.2, 0.25) is 0 Å². The highest BCUT2D eigenvalue weighted by molar-refractivity contribution is 5.65. The van der Waals surface area contributed by atoms with E-state index in [4.69, 9.17) is 4.74 Å². The van der Waals surface area contributed by atoms with Crippen LogP contribution < -0.4 is 0 Å². The SMILES string of the molecule is CC(=O)OCc1ccncc1. The van der Waals surface area contributed by atoms with Gasteiger partial charge in [0, 0.05) is 19.3 Å². The predicted molar refractivity (Wildman–Crippen MR) is 39.7 cm³/mol. The summed E-state index contributed by atoms with van der Waals surface area (Å²) in [6, 6.07) is 3.62. The third-order valence-electron chi connectivity index (χ3n) is 1.19. The van der Waals surface area contributed by atoms with Crippen LogP contribution in [0, 0.1) is 0 Å². The Morgan fingerprint density at radius 2 is 2.18 bits per heavy atom. The average molecular weight is 151 g/mol. The zero-order valence-electron chi connectivity index (χ0n) is 6.28. The topological polar surface area (TPSA) is 39.2 Å². The van der Waals surface area contributed by atoms with Crippen LogP contribution in [0.25, 0.3) is 0 Å². The normalized spacial score (nSPS) is 9.18. The average Bonchev–Trinajstić information content (AvgIpc) is 2.03. The zero-order chi connectivity index (χ0) is 8.10. The van der Waals surface area contributed by atoms with Crippen LogP contribution in [0.5, 0.6) is 0 Å². The van der Waals surface area contributed by atoms with Gasteiger partial charge in [0.1, 0.15) is 6.61 Å². The molecule has 58 valence electrons. The van der Waals surface area contributed by atoms with Crippen molar-refractivity contribution in [3.05, 3.63) is 30.1 Å². The zero-order valence-corrected chi connectivity index (χ0v) is 6.28. The van der Waals surface area contributed by atoms with Gasteiger partial charge in [0.25, 0.3) is 0 Å². The van der Waals surface area contributed by atoms with Crippen LogP contribution in [0.1, 0.15) is 12.5 Å². The molecule has 1 heterocycles. The summed E-state index contributed by atoms with van der Waals surface area (Å²) in [6.07, 6.45) is 3.33. The molecule has 0 radical (unpaired) electrons. The fourth-order valence-corrected chi connectivity index (χ4v) is 0.664. The maximum atomic E-state index is 10.4. The van der Waals surface area contributed by atoms with Gasteiger partial charge in [-0.15, -0.1) is 0 Å². The summed E-state index contributed by atoms with van der Waals surface area (Å²) < 4.78 is 4.76. The molecule has 0 N–H and O–H groups in total. The van der Waals surface area contributed by atoms with E-state index >= 15 is 0 Å². The Morgan fingerprint density at radius 1 is 1.55 bits per heavy atom. The Balaban J connectivity index is 2.45. The lowest BCUT2D eigenvalue weighted by molar-refractivity contribution is -0.142. The summed E-state index contributed by atoms with van der Waals surface area (Å²) in [7, 11) is 0. The van der Waals surface area contributed by atoms with Crippen LogP contribution in [-0.4, -0.2) is 11.0 Å². The van der Waals surface area contributed by atoms with Gasteiger partial charge in [-0.2, -0.15) is 0 Å². The van der Waals surface area contributed by atoms with Gasteiger partial charge >= 0.3 is 5.97 Å². The van der Waals surface area contributed by atoms with Crippen molar-refractivity contribution in [3.63, 3.8) is 0 Å². The van der Waals surface area contributed by atoms with E-state index in [2.05, 4.69) is 4.98 Å². The molecule has 0 atom stereocenters. The Hall–Kier alpha value is -1.38. The van der Waals surface area contributed by atoms with E-state index in [1.165, 1.54) is 6.92 Å². The van der Waals surface area contributed by atoms with E-state index in [1.54, 1.807) is 12.4 Å². The molecule has 0 saturated carbocycles. The van der Waals surface area contributed by atoms with Crippen LogP contribution in [0.4, 0.5) is 0 Å². The predicted octanol–water partition coefficient (Wildman–Crippen LogP) is 1.14. The molecule has 0 fully saturated rings. The van der Waals surface area contributed by atoms with Gasteiger partial charge in [-0.3, -0.25) is 9.78 Å². The number of hydrogen-bond acceptors (Lipinski definition) is 3. The second-order valence-corrected chi connectivity index (χ2v) is 2.14. The molecule has 1 aromatic rings. The van der Waals surface area contributed by atoms with Crippen molar-refractivity contribution in [2.75, 3.05) is 0 Å². The summed E-state index contributed by atoms with van der Waals surface area (Å²) in [6.45, 7) is 1.72. The van der Waals surface area contributed by atoms with Crippen LogP contribution in [-0.2, 0) is 16.1 Å². The minimum absolute atomic E-state index is 0.262. The van der Waals surface area contributed by atoms with Gasteiger partial charge in [0.2, 0.25) is 0 Å². The molecule has 0 spiro atoms. The molecule has 1 rings (SSSR count). The summed E-state index contributed by atoms with van der Waals surface area (Å²) >= 11 is 0. The van der Waals surface area contributed by atoms with Crippen LogP contribution in [0.15, 0.2) is 24.5 Å². The van der Waals surface area contributed by atoms with Crippen molar-refractivity contribution < 1.29 is 9.53 Å².